The predicted octanol–water partition coefficient (Wildman–Crippen LogP) is 2.51. The number of hydrogen-bond acceptors (Lipinski definition) is 5. The highest BCUT2D eigenvalue weighted by Crippen LogP contribution is 2.18. The number of amides is 1. The van der Waals surface area contributed by atoms with Crippen LogP contribution < -0.4 is 5.43 Å². The zero-order valence-corrected chi connectivity index (χ0v) is 16.8. The van der Waals surface area contributed by atoms with Crippen LogP contribution in [0.4, 0.5) is 0 Å². The third-order valence-electron chi connectivity index (χ3n) is 4.31. The molecule has 0 atom stereocenters. The summed E-state index contributed by atoms with van der Waals surface area (Å²) in [6.07, 6.45) is 0. The summed E-state index contributed by atoms with van der Waals surface area (Å²) in [6.45, 7) is 3.23. The Hall–Kier alpha value is -2.26. The molecule has 2 aromatic carbocycles. The lowest BCUT2D eigenvalue weighted by Gasteiger charge is -2.26. The van der Waals surface area contributed by atoms with Crippen LogP contribution in [0, 0.1) is 0 Å². The summed E-state index contributed by atoms with van der Waals surface area (Å²) in [6, 6.07) is 12.9. The Bertz CT molecular complexity index is 967. The molecule has 9 heteroatoms. The number of benzene rings is 2. The second-order valence-corrected chi connectivity index (χ2v) is 8.56. The molecule has 0 aromatic heterocycles. The van der Waals surface area contributed by atoms with E-state index in [1.807, 2.05) is 0 Å². The molecule has 148 valence electrons. The van der Waals surface area contributed by atoms with Crippen LogP contribution in [0.15, 0.2) is 58.5 Å². The molecule has 2 aromatic rings. The maximum Gasteiger partial charge on any atom is 0.271 e. The Morgan fingerprint density at radius 1 is 1.04 bits per heavy atom. The summed E-state index contributed by atoms with van der Waals surface area (Å²) in [5.74, 6) is -0.359. The second-order valence-electron chi connectivity index (χ2n) is 6.19. The van der Waals surface area contributed by atoms with E-state index in [1.165, 1.54) is 4.31 Å². The van der Waals surface area contributed by atoms with Crippen molar-refractivity contribution >= 4 is 33.2 Å². The second kappa shape index (κ2) is 8.83. The fourth-order valence-electron chi connectivity index (χ4n) is 2.67. The molecule has 1 fully saturated rings. The van der Waals surface area contributed by atoms with Crippen LogP contribution in [0.25, 0.3) is 0 Å². The van der Waals surface area contributed by atoms with Crippen LogP contribution >= 0.6 is 11.6 Å². The molecule has 1 amide bonds. The number of hydrazone groups is 1. The zero-order chi connectivity index (χ0) is 20.1. The van der Waals surface area contributed by atoms with Crippen molar-refractivity contribution in [1.82, 2.24) is 9.73 Å². The van der Waals surface area contributed by atoms with E-state index in [1.54, 1.807) is 55.5 Å². The summed E-state index contributed by atoms with van der Waals surface area (Å²) in [4.78, 5) is 12.3. The molecular formula is C19H20ClN3O4S. The fraction of sp³-hybridized carbons (Fsp3) is 0.263. The highest BCUT2D eigenvalue weighted by atomic mass is 35.5. The van der Waals surface area contributed by atoms with E-state index >= 15 is 0 Å². The number of nitrogens with one attached hydrogen (secondary N) is 1. The van der Waals surface area contributed by atoms with Crippen LogP contribution in [0.2, 0.25) is 5.02 Å². The fourth-order valence-corrected chi connectivity index (χ4v) is 4.20. The minimum Gasteiger partial charge on any atom is -0.379 e. The number of morpholine rings is 1. The minimum absolute atomic E-state index is 0.219. The SMILES string of the molecule is C/C(=N\NC(=O)c1ccc(Cl)cc1)c1ccc(S(=O)(=O)N2CCOCC2)cc1. The van der Waals surface area contributed by atoms with Crippen molar-refractivity contribution in [2.45, 2.75) is 11.8 Å². The molecule has 28 heavy (non-hydrogen) atoms. The number of ether oxygens (including phenoxy) is 1. The van der Waals surface area contributed by atoms with Gasteiger partial charge in [0, 0.05) is 23.7 Å². The molecule has 7 nitrogen and oxygen atoms in total. The van der Waals surface area contributed by atoms with Crippen molar-refractivity contribution in [2.75, 3.05) is 26.3 Å². The van der Waals surface area contributed by atoms with E-state index in [2.05, 4.69) is 10.5 Å². The van der Waals surface area contributed by atoms with Gasteiger partial charge in [0.25, 0.3) is 5.91 Å². The largest absolute Gasteiger partial charge is 0.379 e. The van der Waals surface area contributed by atoms with E-state index in [0.29, 0.717) is 48.2 Å². The minimum atomic E-state index is -3.54. The number of rotatable bonds is 5. The Labute approximate surface area is 169 Å². The Kier molecular flexibility index (Phi) is 6.46. The van der Waals surface area contributed by atoms with Gasteiger partial charge in [0.1, 0.15) is 0 Å². The summed E-state index contributed by atoms with van der Waals surface area (Å²) in [5.41, 5.74) is 4.18. The third kappa shape index (κ3) is 4.77. The average Bonchev–Trinajstić information content (AvgIpc) is 2.73. The first-order valence-electron chi connectivity index (χ1n) is 8.66. The van der Waals surface area contributed by atoms with Gasteiger partial charge in [-0.05, 0) is 48.9 Å². The number of carbonyl (C=O) groups excluding carboxylic acids is 1. The van der Waals surface area contributed by atoms with Crippen molar-refractivity contribution < 1.29 is 17.9 Å². The lowest BCUT2D eigenvalue weighted by Crippen LogP contribution is -2.40. The van der Waals surface area contributed by atoms with Gasteiger partial charge in [-0.2, -0.15) is 9.41 Å². The van der Waals surface area contributed by atoms with Crippen molar-refractivity contribution in [2.24, 2.45) is 5.10 Å². The maximum absolute atomic E-state index is 12.6. The Morgan fingerprint density at radius 2 is 1.61 bits per heavy atom. The molecule has 1 aliphatic rings. The Balaban J connectivity index is 1.69. The van der Waals surface area contributed by atoms with Crippen LogP contribution in [-0.2, 0) is 14.8 Å². The summed E-state index contributed by atoms with van der Waals surface area (Å²) in [7, 11) is -3.54. The molecule has 1 N–H and O–H groups in total. The van der Waals surface area contributed by atoms with Crippen molar-refractivity contribution in [3.8, 4) is 0 Å². The Morgan fingerprint density at radius 3 is 2.21 bits per heavy atom. The van der Waals surface area contributed by atoms with Gasteiger partial charge in [0.2, 0.25) is 10.0 Å². The van der Waals surface area contributed by atoms with Crippen LogP contribution in [0.3, 0.4) is 0 Å². The predicted molar refractivity (Wildman–Crippen MR) is 107 cm³/mol. The van der Waals surface area contributed by atoms with Gasteiger partial charge in [-0.1, -0.05) is 23.7 Å². The molecule has 1 aliphatic heterocycles. The number of halogens is 1. The van der Waals surface area contributed by atoms with E-state index in [9.17, 15) is 13.2 Å². The van der Waals surface area contributed by atoms with E-state index in [-0.39, 0.29) is 10.8 Å². The molecule has 1 heterocycles. The van der Waals surface area contributed by atoms with Gasteiger partial charge in [-0.25, -0.2) is 13.8 Å². The van der Waals surface area contributed by atoms with Gasteiger partial charge in [-0.3, -0.25) is 4.79 Å². The molecule has 0 bridgehead atoms. The summed E-state index contributed by atoms with van der Waals surface area (Å²) in [5, 5.41) is 4.63. The number of carbonyl (C=O) groups is 1. The van der Waals surface area contributed by atoms with Gasteiger partial charge < -0.3 is 4.74 Å². The number of nitrogens with zero attached hydrogens (tertiary/aromatic N) is 2. The van der Waals surface area contributed by atoms with Gasteiger partial charge in [0.05, 0.1) is 23.8 Å². The van der Waals surface area contributed by atoms with Gasteiger partial charge in [-0.15, -0.1) is 0 Å². The standard InChI is InChI=1S/C19H20ClN3O4S/c1-14(21-22-19(24)16-2-6-17(20)7-3-16)15-4-8-18(9-5-15)28(25,26)23-10-12-27-13-11-23/h2-9H,10-13H2,1H3,(H,22,24)/b21-14+. The van der Waals surface area contributed by atoms with Crippen LogP contribution in [0.1, 0.15) is 22.8 Å². The van der Waals surface area contributed by atoms with Crippen molar-refractivity contribution in [1.29, 1.82) is 0 Å². The normalized spacial score (nSPS) is 16.0. The van der Waals surface area contributed by atoms with Crippen molar-refractivity contribution in [3.63, 3.8) is 0 Å². The van der Waals surface area contributed by atoms with Crippen molar-refractivity contribution in [3.05, 3.63) is 64.7 Å². The molecule has 0 radical (unpaired) electrons. The molecule has 0 aliphatic carbocycles. The molecular weight excluding hydrogens is 402 g/mol. The maximum atomic E-state index is 12.6. The topological polar surface area (TPSA) is 88.1 Å². The molecule has 0 spiro atoms. The first kappa shape index (κ1) is 20.5. The highest BCUT2D eigenvalue weighted by molar-refractivity contribution is 7.89. The van der Waals surface area contributed by atoms with Crippen LogP contribution in [-0.4, -0.2) is 50.6 Å². The summed E-state index contributed by atoms with van der Waals surface area (Å²) >= 11 is 5.81. The molecule has 1 saturated heterocycles. The highest BCUT2D eigenvalue weighted by Gasteiger charge is 2.26. The van der Waals surface area contributed by atoms with Gasteiger partial charge in [0.15, 0.2) is 0 Å². The lowest BCUT2D eigenvalue weighted by atomic mass is 10.1. The smallest absolute Gasteiger partial charge is 0.271 e. The molecule has 0 unspecified atom stereocenters. The number of sulfonamides is 1. The first-order chi connectivity index (χ1) is 13.4. The van der Waals surface area contributed by atoms with E-state index in [4.69, 9.17) is 16.3 Å². The zero-order valence-electron chi connectivity index (χ0n) is 15.3. The number of hydrogen-bond donors (Lipinski definition) is 1. The quantitative estimate of drug-likeness (QED) is 0.593. The third-order valence-corrected chi connectivity index (χ3v) is 6.48. The van der Waals surface area contributed by atoms with Crippen LogP contribution in [0.5, 0.6) is 0 Å². The lowest BCUT2D eigenvalue weighted by molar-refractivity contribution is 0.0730. The first-order valence-corrected chi connectivity index (χ1v) is 10.5. The van der Waals surface area contributed by atoms with E-state index < -0.39 is 10.0 Å². The monoisotopic (exact) mass is 421 g/mol. The summed E-state index contributed by atoms with van der Waals surface area (Å²) < 4.78 is 31.9. The van der Waals surface area contributed by atoms with Gasteiger partial charge >= 0.3 is 0 Å². The van der Waals surface area contributed by atoms with E-state index in [0.717, 1.165) is 0 Å². The molecule has 0 saturated carbocycles. The average molecular weight is 422 g/mol. The molecule has 3 rings (SSSR count).